The Hall–Kier alpha value is -1.86. The number of nitrogens with zero attached hydrogens (tertiary/aromatic N) is 1. The number of hydrogen-bond donors (Lipinski definition) is 0. The first-order chi connectivity index (χ1) is 15.7. The SMILES string of the molecule is CCCCOCCOCCN(C(=O)CCCCC(=O)C(C)(C)CCC)c1ccc(F)cc1F. The number of benzene rings is 1. The van der Waals surface area contributed by atoms with Gasteiger partial charge in [-0.25, -0.2) is 8.78 Å². The number of halogens is 2. The molecule has 0 N–H and O–H groups in total. The predicted octanol–water partition coefficient (Wildman–Crippen LogP) is 6.09. The van der Waals surface area contributed by atoms with Gasteiger partial charge in [-0.2, -0.15) is 0 Å². The van der Waals surface area contributed by atoms with Crippen molar-refractivity contribution in [2.75, 3.05) is 37.9 Å². The molecule has 0 spiro atoms. The molecule has 0 atom stereocenters. The van der Waals surface area contributed by atoms with Crippen LogP contribution in [0.5, 0.6) is 0 Å². The summed E-state index contributed by atoms with van der Waals surface area (Å²) in [6.45, 7) is 9.95. The summed E-state index contributed by atoms with van der Waals surface area (Å²) in [6.07, 6.45) is 5.57. The number of ether oxygens (including phenoxy) is 2. The first-order valence-electron chi connectivity index (χ1n) is 12.2. The van der Waals surface area contributed by atoms with Crippen molar-refractivity contribution in [2.45, 2.75) is 79.1 Å². The fourth-order valence-corrected chi connectivity index (χ4v) is 3.60. The maximum atomic E-state index is 14.4. The number of Topliss-reactive ketones (excluding diaryl/α,β-unsaturated/α-hetero) is 1. The molecule has 0 saturated carbocycles. The van der Waals surface area contributed by atoms with Crippen LogP contribution in [0.25, 0.3) is 0 Å². The molecule has 5 nitrogen and oxygen atoms in total. The summed E-state index contributed by atoms with van der Waals surface area (Å²) in [5.41, 5.74) is -0.316. The van der Waals surface area contributed by atoms with Gasteiger partial charge in [-0.15, -0.1) is 0 Å². The van der Waals surface area contributed by atoms with E-state index in [2.05, 4.69) is 13.8 Å². The van der Waals surface area contributed by atoms with Crippen molar-refractivity contribution < 1.29 is 27.8 Å². The molecule has 0 radical (unpaired) electrons. The van der Waals surface area contributed by atoms with Crippen molar-refractivity contribution in [3.8, 4) is 0 Å². The van der Waals surface area contributed by atoms with Gasteiger partial charge in [0.1, 0.15) is 17.4 Å². The molecule has 0 unspecified atom stereocenters. The van der Waals surface area contributed by atoms with Crippen molar-refractivity contribution in [3.63, 3.8) is 0 Å². The van der Waals surface area contributed by atoms with Crippen LogP contribution in [0.4, 0.5) is 14.5 Å². The summed E-state index contributed by atoms with van der Waals surface area (Å²) in [4.78, 5) is 26.6. The van der Waals surface area contributed by atoms with Crippen LogP contribution in [0, 0.1) is 17.0 Å². The van der Waals surface area contributed by atoms with Crippen LogP contribution in [0.2, 0.25) is 0 Å². The van der Waals surface area contributed by atoms with Crippen molar-refractivity contribution >= 4 is 17.4 Å². The molecule has 0 aliphatic heterocycles. The van der Waals surface area contributed by atoms with Gasteiger partial charge in [0, 0.05) is 37.5 Å². The van der Waals surface area contributed by atoms with Crippen LogP contribution in [0.1, 0.15) is 79.1 Å². The molecule has 1 aromatic carbocycles. The fourth-order valence-electron chi connectivity index (χ4n) is 3.60. The fraction of sp³-hybridized carbons (Fsp3) is 0.692. The minimum Gasteiger partial charge on any atom is -0.379 e. The summed E-state index contributed by atoms with van der Waals surface area (Å²) in [6, 6.07) is 3.18. The van der Waals surface area contributed by atoms with Crippen LogP contribution in [0.3, 0.4) is 0 Å². The molecule has 33 heavy (non-hydrogen) atoms. The number of unbranched alkanes of at least 4 members (excludes halogenated alkanes) is 2. The van der Waals surface area contributed by atoms with Crippen molar-refractivity contribution in [1.29, 1.82) is 0 Å². The highest BCUT2D eigenvalue weighted by Crippen LogP contribution is 2.26. The van der Waals surface area contributed by atoms with E-state index in [1.54, 1.807) is 0 Å². The van der Waals surface area contributed by atoms with Gasteiger partial charge in [0.2, 0.25) is 5.91 Å². The lowest BCUT2D eigenvalue weighted by Crippen LogP contribution is -2.35. The van der Waals surface area contributed by atoms with E-state index in [1.165, 1.54) is 11.0 Å². The van der Waals surface area contributed by atoms with E-state index >= 15 is 0 Å². The normalized spacial score (nSPS) is 11.6. The highest BCUT2D eigenvalue weighted by molar-refractivity contribution is 5.93. The summed E-state index contributed by atoms with van der Waals surface area (Å²) in [7, 11) is 0. The molecule has 0 aliphatic rings. The van der Waals surface area contributed by atoms with Gasteiger partial charge in [0.05, 0.1) is 25.5 Å². The molecule has 0 bridgehead atoms. The second-order valence-electron chi connectivity index (χ2n) is 8.98. The third kappa shape index (κ3) is 11.2. The van der Waals surface area contributed by atoms with Crippen molar-refractivity contribution in [2.24, 2.45) is 5.41 Å². The Balaban J connectivity index is 2.59. The highest BCUT2D eigenvalue weighted by atomic mass is 19.1. The number of carbonyl (C=O) groups is 2. The van der Waals surface area contributed by atoms with Gasteiger partial charge in [0.25, 0.3) is 0 Å². The van der Waals surface area contributed by atoms with E-state index < -0.39 is 11.6 Å². The van der Waals surface area contributed by atoms with Gasteiger partial charge >= 0.3 is 0 Å². The Labute approximate surface area is 197 Å². The molecule has 0 aliphatic carbocycles. The highest BCUT2D eigenvalue weighted by Gasteiger charge is 2.25. The first-order valence-corrected chi connectivity index (χ1v) is 12.2. The molecule has 188 valence electrons. The molecule has 1 amide bonds. The molecule has 0 fully saturated rings. The van der Waals surface area contributed by atoms with Gasteiger partial charge in [-0.1, -0.05) is 40.5 Å². The number of rotatable bonds is 18. The minimum atomic E-state index is -0.789. The Bertz CT molecular complexity index is 724. The van der Waals surface area contributed by atoms with Crippen molar-refractivity contribution in [3.05, 3.63) is 29.8 Å². The minimum absolute atomic E-state index is 0.0318. The summed E-state index contributed by atoms with van der Waals surface area (Å²) >= 11 is 0. The maximum absolute atomic E-state index is 14.4. The Kier molecular flexibility index (Phi) is 14.0. The maximum Gasteiger partial charge on any atom is 0.227 e. The number of amides is 1. The molecule has 1 rings (SSSR count). The molecule has 1 aromatic rings. The number of ketones is 1. The molecular formula is C26H41F2NO4. The monoisotopic (exact) mass is 469 g/mol. The van der Waals surface area contributed by atoms with Crippen LogP contribution < -0.4 is 4.90 Å². The van der Waals surface area contributed by atoms with E-state index in [4.69, 9.17) is 9.47 Å². The lowest BCUT2D eigenvalue weighted by Gasteiger charge is -2.24. The van der Waals surface area contributed by atoms with Gasteiger partial charge in [-0.3, -0.25) is 9.59 Å². The van der Waals surface area contributed by atoms with Crippen LogP contribution in [-0.4, -0.2) is 44.7 Å². The Morgan fingerprint density at radius 1 is 0.909 bits per heavy atom. The van der Waals surface area contributed by atoms with E-state index in [1.807, 2.05) is 13.8 Å². The third-order valence-electron chi connectivity index (χ3n) is 5.65. The summed E-state index contributed by atoms with van der Waals surface area (Å²) in [5.74, 6) is -1.56. The quantitative estimate of drug-likeness (QED) is 0.244. The number of anilines is 1. The van der Waals surface area contributed by atoms with Crippen LogP contribution in [0.15, 0.2) is 18.2 Å². The van der Waals surface area contributed by atoms with Crippen LogP contribution in [-0.2, 0) is 19.1 Å². The standard InChI is InChI=1S/C26H41F2NO4/c1-5-7-16-32-18-19-33-17-15-29(23-13-12-21(27)20-22(23)28)25(31)11-9-8-10-24(30)26(3,4)14-6-2/h12-13,20H,5-11,14-19H2,1-4H3. The van der Waals surface area contributed by atoms with Crippen molar-refractivity contribution in [1.82, 2.24) is 0 Å². The lowest BCUT2D eigenvalue weighted by molar-refractivity contribution is -0.127. The molecular weight excluding hydrogens is 428 g/mol. The molecule has 0 aromatic heterocycles. The molecule has 0 saturated heterocycles. The summed E-state index contributed by atoms with van der Waals surface area (Å²) < 4.78 is 38.7. The Morgan fingerprint density at radius 2 is 1.58 bits per heavy atom. The Morgan fingerprint density at radius 3 is 2.21 bits per heavy atom. The third-order valence-corrected chi connectivity index (χ3v) is 5.65. The average Bonchev–Trinajstić information content (AvgIpc) is 2.76. The topological polar surface area (TPSA) is 55.8 Å². The number of carbonyl (C=O) groups excluding carboxylic acids is 2. The van der Waals surface area contributed by atoms with Gasteiger partial charge in [0.15, 0.2) is 0 Å². The van der Waals surface area contributed by atoms with Crippen LogP contribution >= 0.6 is 0 Å². The average molecular weight is 470 g/mol. The molecule has 0 heterocycles. The lowest BCUT2D eigenvalue weighted by atomic mass is 9.81. The zero-order valence-corrected chi connectivity index (χ0v) is 20.8. The van der Waals surface area contributed by atoms with E-state index in [9.17, 15) is 18.4 Å². The molecule has 7 heteroatoms. The predicted molar refractivity (Wildman–Crippen MR) is 127 cm³/mol. The number of hydrogen-bond acceptors (Lipinski definition) is 4. The zero-order valence-electron chi connectivity index (χ0n) is 20.8. The van der Waals surface area contributed by atoms with Gasteiger partial charge in [-0.05, 0) is 37.8 Å². The first kappa shape index (κ1) is 29.2. The summed E-state index contributed by atoms with van der Waals surface area (Å²) in [5, 5.41) is 0. The second-order valence-corrected chi connectivity index (χ2v) is 8.98. The van der Waals surface area contributed by atoms with E-state index in [-0.39, 0.29) is 42.4 Å². The zero-order chi connectivity index (χ0) is 24.7. The van der Waals surface area contributed by atoms with Gasteiger partial charge < -0.3 is 14.4 Å². The smallest absolute Gasteiger partial charge is 0.227 e. The van der Waals surface area contributed by atoms with E-state index in [0.717, 1.165) is 37.8 Å². The second kappa shape index (κ2) is 15.9. The van der Waals surface area contributed by atoms with E-state index in [0.29, 0.717) is 39.1 Å². The largest absolute Gasteiger partial charge is 0.379 e.